The van der Waals surface area contributed by atoms with Crippen LogP contribution in [-0.4, -0.2) is 43.4 Å². The molecule has 3 rings (SSSR count). The lowest BCUT2D eigenvalue weighted by molar-refractivity contribution is -0.0110. The molecule has 2 amide bonds. The maximum absolute atomic E-state index is 11.9. The Morgan fingerprint density at radius 2 is 2.04 bits per heavy atom. The lowest BCUT2D eigenvalue weighted by Gasteiger charge is -2.22. The molecule has 1 aliphatic rings. The Bertz CT molecular complexity index is 688. The molecule has 0 unspecified atom stereocenters. The van der Waals surface area contributed by atoms with Crippen LogP contribution in [0.15, 0.2) is 48.8 Å². The summed E-state index contributed by atoms with van der Waals surface area (Å²) in [5.74, 6) is 0.774. The Hall–Kier alpha value is -2.80. The van der Waals surface area contributed by atoms with Gasteiger partial charge in [0.15, 0.2) is 0 Å². The first-order chi connectivity index (χ1) is 13.3. The number of rotatable bonds is 8. The number of hydrogen-bond donors (Lipinski definition) is 3. The van der Waals surface area contributed by atoms with Crippen LogP contribution < -0.4 is 20.7 Å². The SMILES string of the molecule is O=C(NCCNc1cccnc1)Nc1ccc(OC[C@@H]2CCCCO2)cc1. The van der Waals surface area contributed by atoms with Crippen molar-refractivity contribution in [2.75, 3.05) is 36.9 Å². The van der Waals surface area contributed by atoms with Gasteiger partial charge in [0.25, 0.3) is 0 Å². The number of hydrogen-bond acceptors (Lipinski definition) is 5. The molecule has 7 heteroatoms. The number of benzene rings is 1. The van der Waals surface area contributed by atoms with Gasteiger partial charge in [-0.1, -0.05) is 0 Å². The molecule has 1 aromatic carbocycles. The topological polar surface area (TPSA) is 84.5 Å². The van der Waals surface area contributed by atoms with Gasteiger partial charge in [-0.25, -0.2) is 4.79 Å². The molecule has 0 bridgehead atoms. The molecule has 27 heavy (non-hydrogen) atoms. The van der Waals surface area contributed by atoms with Crippen molar-refractivity contribution in [3.8, 4) is 5.75 Å². The molecule has 0 aliphatic carbocycles. The van der Waals surface area contributed by atoms with Crippen LogP contribution in [0.4, 0.5) is 16.2 Å². The monoisotopic (exact) mass is 370 g/mol. The molecular weight excluding hydrogens is 344 g/mol. The lowest BCUT2D eigenvalue weighted by atomic mass is 10.1. The van der Waals surface area contributed by atoms with Crippen molar-refractivity contribution in [3.63, 3.8) is 0 Å². The van der Waals surface area contributed by atoms with Gasteiger partial charge in [-0.05, 0) is 55.7 Å². The van der Waals surface area contributed by atoms with Crippen LogP contribution in [-0.2, 0) is 4.74 Å². The zero-order valence-corrected chi connectivity index (χ0v) is 15.3. The average Bonchev–Trinajstić information content (AvgIpc) is 2.72. The summed E-state index contributed by atoms with van der Waals surface area (Å²) in [5, 5.41) is 8.79. The number of ether oxygens (including phenoxy) is 2. The van der Waals surface area contributed by atoms with Crippen LogP contribution in [0.2, 0.25) is 0 Å². The smallest absolute Gasteiger partial charge is 0.319 e. The fraction of sp³-hybridized carbons (Fsp3) is 0.400. The molecule has 1 atom stereocenters. The molecular formula is C20H26N4O3. The minimum Gasteiger partial charge on any atom is -0.491 e. The van der Waals surface area contributed by atoms with E-state index >= 15 is 0 Å². The maximum atomic E-state index is 11.9. The van der Waals surface area contributed by atoms with Gasteiger partial charge in [0, 0.05) is 37.8 Å². The van der Waals surface area contributed by atoms with Gasteiger partial charge in [0.2, 0.25) is 0 Å². The third kappa shape index (κ3) is 6.79. The first-order valence-corrected chi connectivity index (χ1v) is 9.33. The zero-order chi connectivity index (χ0) is 18.7. The van der Waals surface area contributed by atoms with Crippen LogP contribution in [0.1, 0.15) is 19.3 Å². The molecule has 7 nitrogen and oxygen atoms in total. The molecule has 1 fully saturated rings. The van der Waals surface area contributed by atoms with E-state index in [-0.39, 0.29) is 12.1 Å². The van der Waals surface area contributed by atoms with Crippen molar-refractivity contribution < 1.29 is 14.3 Å². The molecule has 2 aromatic rings. The lowest BCUT2D eigenvalue weighted by Crippen LogP contribution is -2.32. The molecule has 1 aliphatic heterocycles. The Balaban J connectivity index is 1.33. The van der Waals surface area contributed by atoms with Crippen LogP contribution in [0.25, 0.3) is 0 Å². The molecule has 0 radical (unpaired) electrons. The predicted molar refractivity (Wildman–Crippen MR) is 105 cm³/mol. The van der Waals surface area contributed by atoms with Crippen LogP contribution >= 0.6 is 0 Å². The standard InChI is InChI=1S/C20H26N4O3/c25-20(23-12-11-22-17-4-3-10-21-14-17)24-16-6-8-18(9-7-16)27-15-19-5-1-2-13-26-19/h3-4,6-10,14,19,22H,1-2,5,11-13,15H2,(H2,23,24,25)/t19-/m0/s1. The summed E-state index contributed by atoms with van der Waals surface area (Å²) in [5.41, 5.74) is 1.64. The molecule has 0 saturated carbocycles. The number of anilines is 2. The Labute approximate surface area is 159 Å². The maximum Gasteiger partial charge on any atom is 0.319 e. The van der Waals surface area contributed by atoms with E-state index in [1.54, 1.807) is 12.4 Å². The van der Waals surface area contributed by atoms with Crippen molar-refractivity contribution in [1.82, 2.24) is 10.3 Å². The summed E-state index contributed by atoms with van der Waals surface area (Å²) >= 11 is 0. The minimum absolute atomic E-state index is 0.183. The van der Waals surface area contributed by atoms with Crippen molar-refractivity contribution in [1.29, 1.82) is 0 Å². The Kier molecular flexibility index (Phi) is 7.29. The van der Waals surface area contributed by atoms with Crippen molar-refractivity contribution in [2.45, 2.75) is 25.4 Å². The summed E-state index contributed by atoms with van der Waals surface area (Å²) < 4.78 is 11.4. The highest BCUT2D eigenvalue weighted by molar-refractivity contribution is 5.89. The highest BCUT2D eigenvalue weighted by atomic mass is 16.5. The second kappa shape index (κ2) is 10.4. The fourth-order valence-electron chi connectivity index (χ4n) is 2.79. The van der Waals surface area contributed by atoms with Crippen LogP contribution in [0.5, 0.6) is 5.75 Å². The van der Waals surface area contributed by atoms with E-state index in [0.29, 0.717) is 25.4 Å². The number of nitrogens with zero attached hydrogens (tertiary/aromatic N) is 1. The van der Waals surface area contributed by atoms with Crippen molar-refractivity contribution in [3.05, 3.63) is 48.8 Å². The number of carbonyl (C=O) groups excluding carboxylic acids is 1. The Morgan fingerprint density at radius 3 is 2.78 bits per heavy atom. The summed E-state index contributed by atoms with van der Waals surface area (Å²) in [6, 6.07) is 10.9. The average molecular weight is 370 g/mol. The molecule has 1 saturated heterocycles. The largest absolute Gasteiger partial charge is 0.491 e. The predicted octanol–water partition coefficient (Wildman–Crippen LogP) is 3.26. The van der Waals surface area contributed by atoms with E-state index in [9.17, 15) is 4.79 Å². The zero-order valence-electron chi connectivity index (χ0n) is 15.3. The van der Waals surface area contributed by atoms with Gasteiger partial charge in [-0.3, -0.25) is 4.98 Å². The van der Waals surface area contributed by atoms with Crippen LogP contribution in [0, 0.1) is 0 Å². The molecule has 0 spiro atoms. The second-order valence-corrected chi connectivity index (χ2v) is 6.37. The summed E-state index contributed by atoms with van der Waals surface area (Å²) in [7, 11) is 0. The highest BCUT2D eigenvalue weighted by Gasteiger charge is 2.14. The van der Waals surface area contributed by atoms with E-state index < -0.39 is 0 Å². The number of amides is 2. The molecule has 3 N–H and O–H groups in total. The van der Waals surface area contributed by atoms with Gasteiger partial charge in [0.1, 0.15) is 12.4 Å². The molecule has 1 aromatic heterocycles. The van der Waals surface area contributed by atoms with E-state index in [2.05, 4.69) is 20.9 Å². The van der Waals surface area contributed by atoms with Gasteiger partial charge in [-0.2, -0.15) is 0 Å². The minimum atomic E-state index is -0.243. The number of pyridine rings is 1. The molecule has 144 valence electrons. The van der Waals surface area contributed by atoms with E-state index in [4.69, 9.17) is 9.47 Å². The van der Waals surface area contributed by atoms with Gasteiger partial charge < -0.3 is 25.4 Å². The van der Waals surface area contributed by atoms with E-state index in [1.807, 2.05) is 36.4 Å². The second-order valence-electron chi connectivity index (χ2n) is 6.37. The summed E-state index contributed by atoms with van der Waals surface area (Å²) in [4.78, 5) is 16.0. The van der Waals surface area contributed by atoms with Gasteiger partial charge in [0.05, 0.1) is 11.8 Å². The fourth-order valence-corrected chi connectivity index (χ4v) is 2.79. The highest BCUT2D eigenvalue weighted by Crippen LogP contribution is 2.18. The van der Waals surface area contributed by atoms with Crippen LogP contribution in [0.3, 0.4) is 0 Å². The van der Waals surface area contributed by atoms with E-state index in [1.165, 1.54) is 6.42 Å². The molecule has 2 heterocycles. The summed E-state index contributed by atoms with van der Waals surface area (Å²) in [6.45, 7) is 2.51. The third-order valence-electron chi connectivity index (χ3n) is 4.22. The Morgan fingerprint density at radius 1 is 1.15 bits per heavy atom. The quantitative estimate of drug-likeness (QED) is 0.621. The van der Waals surface area contributed by atoms with Crippen molar-refractivity contribution >= 4 is 17.4 Å². The first kappa shape index (κ1) is 19.0. The number of urea groups is 1. The van der Waals surface area contributed by atoms with Crippen molar-refractivity contribution in [2.24, 2.45) is 0 Å². The van der Waals surface area contributed by atoms with Gasteiger partial charge >= 0.3 is 6.03 Å². The third-order valence-corrected chi connectivity index (χ3v) is 4.22. The van der Waals surface area contributed by atoms with Gasteiger partial charge in [-0.15, -0.1) is 0 Å². The summed E-state index contributed by atoms with van der Waals surface area (Å²) in [6.07, 6.45) is 7.03. The van der Waals surface area contributed by atoms with E-state index in [0.717, 1.165) is 30.9 Å². The number of nitrogens with one attached hydrogen (secondary N) is 3. The normalized spacial score (nSPS) is 16.4. The number of aromatic nitrogens is 1. The first-order valence-electron chi connectivity index (χ1n) is 9.33. The number of carbonyl (C=O) groups is 1.